The van der Waals surface area contributed by atoms with Crippen molar-refractivity contribution in [1.82, 2.24) is 4.98 Å². The van der Waals surface area contributed by atoms with Crippen molar-refractivity contribution in [2.75, 3.05) is 17.6 Å². The van der Waals surface area contributed by atoms with Gasteiger partial charge in [-0.1, -0.05) is 0 Å². The number of benzene rings is 1. The number of carbonyl (C=O) groups is 1. The summed E-state index contributed by atoms with van der Waals surface area (Å²) in [5.74, 6) is 0.160. The number of ketones is 1. The van der Waals surface area contributed by atoms with Crippen LogP contribution >= 0.6 is 11.3 Å². The predicted octanol–water partition coefficient (Wildman–Crippen LogP) is 1.74. The number of nitrogens with zero attached hydrogens (tertiary/aromatic N) is 1. The Morgan fingerprint density at radius 2 is 2.14 bits per heavy atom. The summed E-state index contributed by atoms with van der Waals surface area (Å²) >= 11 is 1.03. The SMILES string of the molecule is COc1ccc(S(=O)(=O)Nc2nc(C(C)=O)cs2)cc1N. The number of methoxy groups -OCH3 is 1. The molecule has 7 nitrogen and oxygen atoms in total. The summed E-state index contributed by atoms with van der Waals surface area (Å²) in [4.78, 5) is 15.0. The van der Waals surface area contributed by atoms with Gasteiger partial charge in [0.1, 0.15) is 11.4 Å². The molecule has 21 heavy (non-hydrogen) atoms. The molecule has 112 valence electrons. The number of hydrogen-bond acceptors (Lipinski definition) is 7. The lowest BCUT2D eigenvalue weighted by Gasteiger charge is -2.08. The van der Waals surface area contributed by atoms with E-state index in [4.69, 9.17) is 10.5 Å². The number of anilines is 2. The molecule has 0 atom stereocenters. The third-order valence-corrected chi connectivity index (χ3v) is 4.82. The van der Waals surface area contributed by atoms with Crippen molar-refractivity contribution in [2.24, 2.45) is 0 Å². The molecule has 0 aliphatic rings. The number of rotatable bonds is 5. The Hall–Kier alpha value is -2.13. The molecule has 1 aromatic carbocycles. The standard InChI is InChI=1S/C12H13N3O4S2/c1-7(16)10-6-20-12(14-10)15-21(17,18)8-3-4-11(19-2)9(13)5-8/h3-6H,13H2,1-2H3,(H,14,15). The van der Waals surface area contributed by atoms with Gasteiger partial charge in [-0.3, -0.25) is 9.52 Å². The van der Waals surface area contributed by atoms with Gasteiger partial charge >= 0.3 is 0 Å². The maximum absolute atomic E-state index is 12.2. The fourth-order valence-corrected chi connectivity index (χ4v) is 3.57. The number of Topliss-reactive ketones (excluding diaryl/α,β-unsaturated/α-hetero) is 1. The Labute approximate surface area is 125 Å². The molecule has 0 radical (unpaired) electrons. The zero-order chi connectivity index (χ0) is 15.6. The molecule has 0 saturated heterocycles. The van der Waals surface area contributed by atoms with Gasteiger partial charge in [0, 0.05) is 12.3 Å². The minimum absolute atomic E-state index is 0.0135. The van der Waals surface area contributed by atoms with Gasteiger partial charge in [-0.25, -0.2) is 13.4 Å². The van der Waals surface area contributed by atoms with Crippen LogP contribution in [0.5, 0.6) is 5.75 Å². The van der Waals surface area contributed by atoms with Crippen LogP contribution in [0.2, 0.25) is 0 Å². The Kier molecular flexibility index (Phi) is 4.14. The second kappa shape index (κ2) is 5.70. The van der Waals surface area contributed by atoms with Crippen molar-refractivity contribution in [1.29, 1.82) is 0 Å². The minimum Gasteiger partial charge on any atom is -0.495 e. The van der Waals surface area contributed by atoms with Crippen molar-refractivity contribution in [3.8, 4) is 5.75 Å². The molecule has 9 heteroatoms. The first-order valence-corrected chi connectivity index (χ1v) is 8.12. The van der Waals surface area contributed by atoms with Crippen molar-refractivity contribution in [3.05, 3.63) is 29.3 Å². The first kappa shape index (κ1) is 15.3. The van der Waals surface area contributed by atoms with Crippen molar-refractivity contribution < 1.29 is 17.9 Å². The van der Waals surface area contributed by atoms with Gasteiger partial charge < -0.3 is 10.5 Å². The monoisotopic (exact) mass is 327 g/mol. The van der Waals surface area contributed by atoms with Crippen molar-refractivity contribution in [3.63, 3.8) is 0 Å². The lowest BCUT2D eigenvalue weighted by Crippen LogP contribution is -2.13. The summed E-state index contributed by atoms with van der Waals surface area (Å²) in [6.07, 6.45) is 0. The molecule has 0 bridgehead atoms. The Morgan fingerprint density at radius 3 is 2.67 bits per heavy atom. The second-order valence-corrected chi connectivity index (χ2v) is 6.64. The highest BCUT2D eigenvalue weighted by atomic mass is 32.2. The molecule has 0 fully saturated rings. The number of sulfonamides is 1. The van der Waals surface area contributed by atoms with Gasteiger partial charge in [0.05, 0.1) is 17.7 Å². The molecular formula is C12H13N3O4S2. The average molecular weight is 327 g/mol. The Bertz CT molecular complexity index is 784. The highest BCUT2D eigenvalue weighted by Gasteiger charge is 2.18. The summed E-state index contributed by atoms with van der Waals surface area (Å²) in [6.45, 7) is 1.36. The molecule has 0 aliphatic heterocycles. The van der Waals surface area contributed by atoms with Crippen LogP contribution < -0.4 is 15.2 Å². The van der Waals surface area contributed by atoms with Gasteiger partial charge in [-0.15, -0.1) is 11.3 Å². The maximum Gasteiger partial charge on any atom is 0.263 e. The lowest BCUT2D eigenvalue weighted by molar-refractivity contribution is 0.101. The molecule has 2 rings (SSSR count). The largest absolute Gasteiger partial charge is 0.495 e. The van der Waals surface area contributed by atoms with E-state index < -0.39 is 10.0 Å². The molecular weight excluding hydrogens is 314 g/mol. The van der Waals surface area contributed by atoms with Crippen LogP contribution in [0.3, 0.4) is 0 Å². The number of nitrogens with one attached hydrogen (secondary N) is 1. The number of thiazole rings is 1. The molecule has 0 aliphatic carbocycles. The second-order valence-electron chi connectivity index (χ2n) is 4.10. The van der Waals surface area contributed by atoms with E-state index in [0.29, 0.717) is 5.75 Å². The van der Waals surface area contributed by atoms with Gasteiger partial charge in [-0.2, -0.15) is 0 Å². The van der Waals surface area contributed by atoms with Crippen molar-refractivity contribution in [2.45, 2.75) is 11.8 Å². The van der Waals surface area contributed by atoms with Gasteiger partial charge in [0.15, 0.2) is 10.9 Å². The van der Waals surface area contributed by atoms with E-state index >= 15 is 0 Å². The van der Waals surface area contributed by atoms with Gasteiger partial charge in [-0.05, 0) is 18.2 Å². The quantitative estimate of drug-likeness (QED) is 0.639. The van der Waals surface area contributed by atoms with Crippen LogP contribution in [0, 0.1) is 0 Å². The average Bonchev–Trinajstić information content (AvgIpc) is 2.86. The van der Waals surface area contributed by atoms with Crippen LogP contribution in [0.1, 0.15) is 17.4 Å². The van der Waals surface area contributed by atoms with Crippen molar-refractivity contribution >= 4 is 38.0 Å². The number of ether oxygens (including phenoxy) is 1. The highest BCUT2D eigenvalue weighted by Crippen LogP contribution is 2.26. The third-order valence-electron chi connectivity index (χ3n) is 2.60. The summed E-state index contributed by atoms with van der Waals surface area (Å²) < 4.78 is 31.7. The first-order chi connectivity index (χ1) is 9.83. The molecule has 3 N–H and O–H groups in total. The number of carbonyl (C=O) groups excluding carboxylic acids is 1. The highest BCUT2D eigenvalue weighted by molar-refractivity contribution is 7.93. The van der Waals surface area contributed by atoms with Crippen LogP contribution in [0.25, 0.3) is 0 Å². The summed E-state index contributed by atoms with van der Waals surface area (Å²) in [6, 6.07) is 4.13. The van der Waals surface area contributed by atoms with E-state index in [1.807, 2.05) is 0 Å². The number of hydrogen-bond donors (Lipinski definition) is 2. The van der Waals surface area contributed by atoms with Crippen LogP contribution in [0.15, 0.2) is 28.5 Å². The first-order valence-electron chi connectivity index (χ1n) is 5.76. The molecule has 1 aromatic heterocycles. The third kappa shape index (κ3) is 3.31. The number of aromatic nitrogens is 1. The molecule has 0 unspecified atom stereocenters. The van der Waals surface area contributed by atoms with E-state index in [1.54, 1.807) is 0 Å². The maximum atomic E-state index is 12.2. The van der Waals surface area contributed by atoms with E-state index in [0.717, 1.165) is 11.3 Å². The lowest BCUT2D eigenvalue weighted by atomic mass is 10.3. The summed E-state index contributed by atoms with van der Waals surface area (Å²) in [5.41, 5.74) is 6.12. The van der Waals surface area contributed by atoms with Gasteiger partial charge in [0.2, 0.25) is 0 Å². The summed E-state index contributed by atoms with van der Waals surface area (Å²) in [5, 5.41) is 1.61. The fraction of sp³-hybridized carbons (Fsp3) is 0.167. The van der Waals surface area contributed by atoms with E-state index in [-0.39, 0.29) is 27.2 Å². The molecule has 2 aromatic rings. The van der Waals surface area contributed by atoms with Crippen LogP contribution in [0.4, 0.5) is 10.8 Å². The smallest absolute Gasteiger partial charge is 0.263 e. The Balaban J connectivity index is 2.29. The number of nitrogen functional groups attached to an aromatic ring is 1. The minimum atomic E-state index is -3.82. The van der Waals surface area contributed by atoms with Crippen LogP contribution in [-0.4, -0.2) is 26.3 Å². The molecule has 1 heterocycles. The zero-order valence-corrected chi connectivity index (χ0v) is 12.9. The van der Waals surface area contributed by atoms with Gasteiger partial charge in [0.25, 0.3) is 10.0 Å². The fourth-order valence-electron chi connectivity index (χ4n) is 1.54. The predicted molar refractivity (Wildman–Crippen MR) is 80.3 cm³/mol. The summed E-state index contributed by atoms with van der Waals surface area (Å²) in [7, 11) is -2.38. The van der Waals surface area contributed by atoms with E-state index in [2.05, 4.69) is 9.71 Å². The zero-order valence-electron chi connectivity index (χ0n) is 11.3. The molecule has 0 amide bonds. The molecule has 0 saturated carbocycles. The number of nitrogens with two attached hydrogens (primary N) is 1. The van der Waals surface area contributed by atoms with E-state index in [1.165, 1.54) is 37.6 Å². The Morgan fingerprint density at radius 1 is 1.43 bits per heavy atom. The van der Waals surface area contributed by atoms with Crippen LogP contribution in [-0.2, 0) is 10.0 Å². The topological polar surface area (TPSA) is 111 Å². The van der Waals surface area contributed by atoms with E-state index in [9.17, 15) is 13.2 Å². The molecule has 0 spiro atoms. The normalized spacial score (nSPS) is 11.1.